The molecule has 0 saturated heterocycles. The molecule has 0 saturated carbocycles. The molecule has 1 N–H and O–H groups in total. The van der Waals surface area contributed by atoms with E-state index in [2.05, 4.69) is 9.50 Å². The minimum Gasteiger partial charge on any atom is -0.743 e. The fourth-order valence-electron chi connectivity index (χ4n) is 2.09. The van der Waals surface area contributed by atoms with Gasteiger partial charge in [0, 0.05) is 12.0 Å². The zero-order chi connectivity index (χ0) is 26.1. The molecular formula is C17H20F6NO7S2-. The average molecular weight is 528 g/mol. The van der Waals surface area contributed by atoms with Gasteiger partial charge < -0.3 is 14.1 Å². The Morgan fingerprint density at radius 3 is 1.88 bits per heavy atom. The van der Waals surface area contributed by atoms with Crippen molar-refractivity contribution in [3.63, 3.8) is 0 Å². The van der Waals surface area contributed by atoms with Crippen LogP contribution in [0.15, 0.2) is 24.3 Å². The first-order chi connectivity index (χ1) is 14.6. The van der Waals surface area contributed by atoms with Crippen molar-refractivity contribution in [3.05, 3.63) is 29.8 Å². The summed E-state index contributed by atoms with van der Waals surface area (Å²) in [7, 11) is -14.3. The smallest absolute Gasteiger partial charge is 0.450 e. The van der Waals surface area contributed by atoms with Crippen molar-refractivity contribution in [2.75, 3.05) is 6.54 Å². The van der Waals surface area contributed by atoms with Gasteiger partial charge in [-0.25, -0.2) is 8.42 Å². The fourth-order valence-corrected chi connectivity index (χ4v) is 3.51. The maximum atomic E-state index is 13.8. The van der Waals surface area contributed by atoms with Crippen LogP contribution in [0.4, 0.5) is 26.3 Å². The molecule has 0 heterocycles. The van der Waals surface area contributed by atoms with Gasteiger partial charge in [0.1, 0.15) is 5.75 Å². The second-order valence-corrected chi connectivity index (χ2v) is 10.5. The van der Waals surface area contributed by atoms with Gasteiger partial charge in [-0.05, 0) is 30.5 Å². The highest BCUT2D eigenvalue weighted by Crippen LogP contribution is 2.50. The summed E-state index contributed by atoms with van der Waals surface area (Å²) in [5, 5.41) is -11.1. The van der Waals surface area contributed by atoms with E-state index in [0.717, 1.165) is 24.3 Å². The lowest BCUT2D eigenvalue weighted by atomic mass is 9.89. The molecular weight excluding hydrogens is 508 g/mol. The van der Waals surface area contributed by atoms with Crippen molar-refractivity contribution < 1.29 is 56.7 Å². The van der Waals surface area contributed by atoms with Crippen molar-refractivity contribution in [1.82, 2.24) is 5.32 Å². The highest BCUT2D eigenvalue weighted by atomic mass is 32.2. The predicted molar refractivity (Wildman–Crippen MR) is 101 cm³/mol. The number of hydrogen-bond acceptors (Lipinski definition) is 7. The summed E-state index contributed by atoms with van der Waals surface area (Å²) < 4.78 is 138. The van der Waals surface area contributed by atoms with Gasteiger partial charge in [-0.3, -0.25) is 4.79 Å². The number of rotatable bonds is 11. The Morgan fingerprint density at radius 2 is 1.45 bits per heavy atom. The van der Waals surface area contributed by atoms with Crippen molar-refractivity contribution in [2.24, 2.45) is 5.41 Å². The molecule has 0 spiro atoms. The van der Waals surface area contributed by atoms with E-state index in [1.807, 2.05) is 6.92 Å². The third kappa shape index (κ3) is 5.71. The van der Waals surface area contributed by atoms with Gasteiger partial charge in [0.2, 0.25) is 5.91 Å². The van der Waals surface area contributed by atoms with Gasteiger partial charge in [0.05, 0.1) is 0 Å². The van der Waals surface area contributed by atoms with Gasteiger partial charge in [0.15, 0.2) is 10.1 Å². The Bertz CT molecular complexity index is 1070. The lowest BCUT2D eigenvalue weighted by molar-refractivity contribution is -0.247. The molecule has 0 unspecified atom stereocenters. The zero-order valence-corrected chi connectivity index (χ0v) is 19.0. The molecule has 1 rings (SSSR count). The normalized spacial score (nSPS) is 14.1. The van der Waals surface area contributed by atoms with E-state index in [1.54, 1.807) is 13.8 Å². The summed E-state index contributed by atoms with van der Waals surface area (Å²) in [6.45, 7) is 5.39. The molecule has 8 nitrogen and oxygen atoms in total. The van der Waals surface area contributed by atoms with Gasteiger partial charge in [-0.15, -0.1) is 0 Å². The number of alkyl halides is 6. The second kappa shape index (κ2) is 9.29. The highest BCUT2D eigenvalue weighted by Gasteiger charge is 2.81. The SMILES string of the molecule is CCC(C)(C)C(=O)NCCc1ccc(OS(=O)(=O)C(F)(F)C(F)(F)C(F)(F)S(=O)(=O)[O-])cc1. The van der Waals surface area contributed by atoms with Crippen LogP contribution < -0.4 is 9.50 Å². The summed E-state index contributed by atoms with van der Waals surface area (Å²) >= 11 is 0. The van der Waals surface area contributed by atoms with E-state index in [0.29, 0.717) is 12.0 Å². The summed E-state index contributed by atoms with van der Waals surface area (Å²) in [6.07, 6.45) is 0.760. The molecule has 0 atom stereocenters. The lowest BCUT2D eigenvalue weighted by Gasteiger charge is -2.32. The number of amides is 1. The zero-order valence-electron chi connectivity index (χ0n) is 17.4. The first-order valence-electron chi connectivity index (χ1n) is 9.04. The fraction of sp³-hybridized carbons (Fsp3) is 0.588. The molecule has 16 heteroatoms. The number of carbonyl (C=O) groups excluding carboxylic acids is 1. The topological polar surface area (TPSA) is 130 Å². The molecule has 1 aromatic rings. The summed E-state index contributed by atoms with van der Waals surface area (Å²) in [6, 6.07) is 3.71. The van der Waals surface area contributed by atoms with Crippen molar-refractivity contribution in [2.45, 2.75) is 50.0 Å². The maximum Gasteiger partial charge on any atom is 0.450 e. The molecule has 0 aromatic heterocycles. The van der Waals surface area contributed by atoms with Crippen LogP contribution in [-0.4, -0.2) is 50.3 Å². The van der Waals surface area contributed by atoms with Gasteiger partial charge in [-0.2, -0.15) is 34.8 Å². The molecule has 1 amide bonds. The standard InChI is InChI=1S/C17H21F6NO7S2/c1-4-14(2,3)13(25)24-10-9-11-5-7-12(8-6-11)31-33(29,30)17(22,23)15(18,19)16(20,21)32(26,27)28/h5-8H,4,9-10H2,1-3H3,(H,24,25)(H,26,27,28)/p-1. The van der Waals surface area contributed by atoms with Gasteiger partial charge in [-0.1, -0.05) is 32.9 Å². The number of carbonyl (C=O) groups is 1. The van der Waals surface area contributed by atoms with Crippen LogP contribution in [0.3, 0.4) is 0 Å². The summed E-state index contributed by atoms with van der Waals surface area (Å²) in [5.74, 6) is -8.38. The van der Waals surface area contributed by atoms with Crippen LogP contribution in [0.5, 0.6) is 5.75 Å². The van der Waals surface area contributed by atoms with Gasteiger partial charge in [0.25, 0.3) is 0 Å². The van der Waals surface area contributed by atoms with Crippen LogP contribution in [-0.2, 0) is 31.5 Å². The average Bonchev–Trinajstić information content (AvgIpc) is 2.67. The summed E-state index contributed by atoms with van der Waals surface area (Å²) in [4.78, 5) is 12.0. The number of hydrogen-bond donors (Lipinski definition) is 1. The first-order valence-corrected chi connectivity index (χ1v) is 11.9. The van der Waals surface area contributed by atoms with E-state index in [9.17, 15) is 52.5 Å². The second-order valence-electron chi connectivity index (χ2n) is 7.49. The van der Waals surface area contributed by atoms with E-state index in [1.165, 1.54) is 0 Å². The molecule has 0 fully saturated rings. The molecule has 0 aliphatic rings. The Hall–Kier alpha value is -2.07. The van der Waals surface area contributed by atoms with Crippen LogP contribution in [0.1, 0.15) is 32.8 Å². The Balaban J connectivity index is 2.98. The number of benzene rings is 1. The van der Waals surface area contributed by atoms with Crippen LogP contribution in [0.25, 0.3) is 0 Å². The summed E-state index contributed by atoms with van der Waals surface area (Å²) in [5.41, 5.74) is -0.197. The number of nitrogens with one attached hydrogen (secondary N) is 1. The predicted octanol–water partition coefficient (Wildman–Crippen LogP) is 2.86. The third-order valence-corrected chi connectivity index (χ3v) is 6.87. The first kappa shape index (κ1) is 29.0. The minimum absolute atomic E-state index is 0.143. The Kier molecular flexibility index (Phi) is 8.15. The molecule has 33 heavy (non-hydrogen) atoms. The van der Waals surface area contributed by atoms with E-state index >= 15 is 0 Å². The quantitative estimate of drug-likeness (QED) is 0.266. The molecule has 0 bridgehead atoms. The largest absolute Gasteiger partial charge is 0.743 e. The van der Waals surface area contributed by atoms with Crippen molar-refractivity contribution in [1.29, 1.82) is 0 Å². The lowest BCUT2D eigenvalue weighted by Crippen LogP contribution is -2.61. The van der Waals surface area contributed by atoms with E-state index in [-0.39, 0.29) is 18.9 Å². The Morgan fingerprint density at radius 1 is 0.970 bits per heavy atom. The Labute approximate surface area is 186 Å². The van der Waals surface area contributed by atoms with E-state index in [4.69, 9.17) is 0 Å². The molecule has 190 valence electrons. The highest BCUT2D eigenvalue weighted by molar-refractivity contribution is 7.88. The maximum absolute atomic E-state index is 13.8. The third-order valence-electron chi connectivity index (χ3n) is 4.69. The van der Waals surface area contributed by atoms with E-state index < -0.39 is 47.8 Å². The molecule has 1 aromatic carbocycles. The molecule has 0 aliphatic carbocycles. The van der Waals surface area contributed by atoms with Gasteiger partial charge >= 0.3 is 26.5 Å². The van der Waals surface area contributed by atoms with Crippen LogP contribution in [0.2, 0.25) is 0 Å². The number of halogens is 6. The van der Waals surface area contributed by atoms with Crippen molar-refractivity contribution in [3.8, 4) is 5.75 Å². The van der Waals surface area contributed by atoms with Crippen LogP contribution >= 0.6 is 0 Å². The molecule has 0 aliphatic heterocycles. The minimum atomic E-state index is -7.37. The molecule has 0 radical (unpaired) electrons. The van der Waals surface area contributed by atoms with Crippen molar-refractivity contribution >= 4 is 26.1 Å². The van der Waals surface area contributed by atoms with Crippen LogP contribution in [0, 0.1) is 5.41 Å². The monoisotopic (exact) mass is 528 g/mol.